The molecule has 1 heterocycles. The highest BCUT2D eigenvalue weighted by Crippen LogP contribution is 2.11. The lowest BCUT2D eigenvalue weighted by Crippen LogP contribution is -2.52. The molecule has 0 saturated carbocycles. The molecule has 1 rings (SSSR count). The average molecular weight is 351 g/mol. The Morgan fingerprint density at radius 1 is 1.20 bits per heavy atom. The number of amides is 1. The summed E-state index contributed by atoms with van der Waals surface area (Å²) in [7, 11) is 1.64. The molecule has 0 aliphatic carbocycles. The van der Waals surface area contributed by atoms with Crippen LogP contribution < -0.4 is 0 Å². The standard InChI is InChI=1S/C14H26N2O3.BrH/c1-10(2)6-16(7-11(3)4)9-12-8-15(5)13(17)14(18)19-12;/h10-12H,6-9H2,1-5H3;1H. The third kappa shape index (κ3) is 6.22. The predicted octanol–water partition coefficient (Wildman–Crippen LogP) is 1.56. The number of hydrogen-bond acceptors (Lipinski definition) is 4. The monoisotopic (exact) mass is 350 g/mol. The van der Waals surface area contributed by atoms with E-state index >= 15 is 0 Å². The van der Waals surface area contributed by atoms with Crippen LogP contribution in [0.5, 0.6) is 0 Å². The van der Waals surface area contributed by atoms with E-state index in [2.05, 4.69) is 32.6 Å². The topological polar surface area (TPSA) is 49.9 Å². The summed E-state index contributed by atoms with van der Waals surface area (Å²) < 4.78 is 5.19. The maximum Gasteiger partial charge on any atom is 0.397 e. The number of rotatable bonds is 6. The number of esters is 1. The summed E-state index contributed by atoms with van der Waals surface area (Å²) >= 11 is 0. The van der Waals surface area contributed by atoms with Gasteiger partial charge in [-0.25, -0.2) is 4.79 Å². The van der Waals surface area contributed by atoms with Gasteiger partial charge in [-0.05, 0) is 11.8 Å². The number of halogens is 1. The molecule has 118 valence electrons. The molecule has 1 unspecified atom stereocenters. The highest BCUT2D eigenvalue weighted by atomic mass is 79.9. The number of hydrogen-bond donors (Lipinski definition) is 0. The highest BCUT2D eigenvalue weighted by Gasteiger charge is 2.33. The van der Waals surface area contributed by atoms with Crippen molar-refractivity contribution in [1.82, 2.24) is 9.80 Å². The number of morpholine rings is 1. The molecule has 1 saturated heterocycles. The first-order chi connectivity index (χ1) is 8.79. The summed E-state index contributed by atoms with van der Waals surface area (Å²) in [5.41, 5.74) is 0. The van der Waals surface area contributed by atoms with Gasteiger partial charge in [-0.1, -0.05) is 27.7 Å². The van der Waals surface area contributed by atoms with Crippen LogP contribution in [0.4, 0.5) is 0 Å². The summed E-state index contributed by atoms with van der Waals surface area (Å²) in [6.07, 6.45) is -0.215. The number of ether oxygens (including phenoxy) is 1. The van der Waals surface area contributed by atoms with E-state index < -0.39 is 11.9 Å². The van der Waals surface area contributed by atoms with Gasteiger partial charge in [0.1, 0.15) is 6.10 Å². The molecule has 0 radical (unpaired) electrons. The zero-order chi connectivity index (χ0) is 14.6. The second-order valence-corrected chi connectivity index (χ2v) is 6.22. The van der Waals surface area contributed by atoms with Gasteiger partial charge in [0.15, 0.2) is 0 Å². The molecule has 20 heavy (non-hydrogen) atoms. The summed E-state index contributed by atoms with van der Waals surface area (Å²) in [5.74, 6) is -0.141. The molecule has 0 N–H and O–H groups in total. The zero-order valence-corrected chi connectivity index (χ0v) is 14.8. The molecular weight excluding hydrogens is 324 g/mol. The lowest BCUT2D eigenvalue weighted by Gasteiger charge is -2.34. The van der Waals surface area contributed by atoms with E-state index in [1.54, 1.807) is 7.05 Å². The Morgan fingerprint density at radius 2 is 1.70 bits per heavy atom. The quantitative estimate of drug-likeness (QED) is 0.538. The Labute approximate surface area is 132 Å². The Bertz CT molecular complexity index is 324. The predicted molar refractivity (Wildman–Crippen MR) is 84.0 cm³/mol. The van der Waals surface area contributed by atoms with Crippen LogP contribution in [0.25, 0.3) is 0 Å². The summed E-state index contributed by atoms with van der Waals surface area (Å²) in [5, 5.41) is 0. The summed E-state index contributed by atoms with van der Waals surface area (Å²) in [6, 6.07) is 0. The first kappa shape index (κ1) is 19.4. The van der Waals surface area contributed by atoms with Gasteiger partial charge in [0.05, 0.1) is 6.54 Å². The van der Waals surface area contributed by atoms with Gasteiger partial charge >= 0.3 is 11.9 Å². The van der Waals surface area contributed by atoms with Gasteiger partial charge in [0, 0.05) is 26.7 Å². The van der Waals surface area contributed by atoms with E-state index in [1.165, 1.54) is 4.90 Å². The van der Waals surface area contributed by atoms with E-state index in [-0.39, 0.29) is 23.1 Å². The third-order valence-corrected chi connectivity index (χ3v) is 2.98. The van der Waals surface area contributed by atoms with E-state index in [9.17, 15) is 9.59 Å². The Kier molecular flexibility index (Phi) is 8.35. The van der Waals surface area contributed by atoms with Crippen molar-refractivity contribution >= 4 is 28.9 Å². The van der Waals surface area contributed by atoms with Gasteiger partial charge in [-0.3, -0.25) is 9.69 Å². The molecule has 1 aliphatic rings. The normalized spacial score (nSPS) is 19.6. The maximum absolute atomic E-state index is 11.4. The van der Waals surface area contributed by atoms with Crippen molar-refractivity contribution < 1.29 is 14.3 Å². The Balaban J connectivity index is 0.00000361. The van der Waals surface area contributed by atoms with Gasteiger partial charge in [0.25, 0.3) is 0 Å². The van der Waals surface area contributed by atoms with Crippen molar-refractivity contribution in [2.75, 3.05) is 33.2 Å². The van der Waals surface area contributed by atoms with Gasteiger partial charge in [-0.15, -0.1) is 17.0 Å². The Hall–Kier alpha value is -0.620. The molecule has 6 heteroatoms. The summed E-state index contributed by atoms with van der Waals surface area (Å²) in [4.78, 5) is 26.5. The summed E-state index contributed by atoms with van der Waals surface area (Å²) in [6.45, 7) is 11.8. The first-order valence-electron chi connectivity index (χ1n) is 6.98. The smallest absolute Gasteiger partial charge is 0.397 e. The average Bonchev–Trinajstić information content (AvgIpc) is 2.23. The van der Waals surface area contributed by atoms with Crippen molar-refractivity contribution in [1.29, 1.82) is 0 Å². The van der Waals surface area contributed by atoms with Crippen LogP contribution in [0.2, 0.25) is 0 Å². The molecule has 0 spiro atoms. The highest BCUT2D eigenvalue weighted by molar-refractivity contribution is 8.93. The van der Waals surface area contributed by atoms with E-state index in [4.69, 9.17) is 4.74 Å². The van der Waals surface area contributed by atoms with Crippen molar-refractivity contribution in [2.24, 2.45) is 11.8 Å². The molecule has 5 nitrogen and oxygen atoms in total. The number of carbonyl (C=O) groups is 2. The molecule has 0 aromatic heterocycles. The second kappa shape index (κ2) is 8.62. The zero-order valence-electron chi connectivity index (χ0n) is 13.1. The van der Waals surface area contributed by atoms with Crippen LogP contribution in [0, 0.1) is 11.8 Å². The first-order valence-corrected chi connectivity index (χ1v) is 6.98. The number of cyclic esters (lactones) is 1. The van der Waals surface area contributed by atoms with E-state index in [1.807, 2.05) is 0 Å². The van der Waals surface area contributed by atoms with Crippen molar-refractivity contribution in [2.45, 2.75) is 33.8 Å². The molecule has 1 aliphatic heterocycles. The van der Waals surface area contributed by atoms with Crippen LogP contribution in [0.15, 0.2) is 0 Å². The molecule has 1 amide bonds. The van der Waals surface area contributed by atoms with Crippen molar-refractivity contribution in [3.8, 4) is 0 Å². The lowest BCUT2D eigenvalue weighted by atomic mass is 10.1. The van der Waals surface area contributed by atoms with Crippen molar-refractivity contribution in [3.63, 3.8) is 0 Å². The molecule has 1 fully saturated rings. The van der Waals surface area contributed by atoms with Crippen molar-refractivity contribution in [3.05, 3.63) is 0 Å². The fraction of sp³-hybridized carbons (Fsp3) is 0.857. The van der Waals surface area contributed by atoms with Gasteiger partial charge in [0.2, 0.25) is 0 Å². The van der Waals surface area contributed by atoms with Gasteiger partial charge < -0.3 is 9.64 Å². The van der Waals surface area contributed by atoms with Crippen LogP contribution in [0.3, 0.4) is 0 Å². The second-order valence-electron chi connectivity index (χ2n) is 6.22. The number of likely N-dealkylation sites (N-methyl/N-ethyl adjacent to an activating group) is 1. The SMILES string of the molecule is Br.CC(C)CN(CC(C)C)CC1CN(C)C(=O)C(=O)O1. The third-order valence-electron chi connectivity index (χ3n) is 2.98. The fourth-order valence-corrected chi connectivity index (χ4v) is 2.42. The van der Waals surface area contributed by atoms with Crippen LogP contribution in [0.1, 0.15) is 27.7 Å². The van der Waals surface area contributed by atoms with Gasteiger partial charge in [-0.2, -0.15) is 0 Å². The number of carbonyl (C=O) groups excluding carboxylic acids is 2. The minimum absolute atomic E-state index is 0. The maximum atomic E-state index is 11.4. The van der Waals surface area contributed by atoms with Crippen LogP contribution in [-0.2, 0) is 14.3 Å². The van der Waals surface area contributed by atoms with E-state index in [0.29, 0.717) is 24.9 Å². The van der Waals surface area contributed by atoms with Crippen LogP contribution in [-0.4, -0.2) is 61.0 Å². The molecule has 1 atom stereocenters. The number of nitrogens with zero attached hydrogens (tertiary/aromatic N) is 2. The minimum Gasteiger partial charge on any atom is -0.452 e. The minimum atomic E-state index is -0.729. The molecular formula is C14H27BrN2O3. The van der Waals surface area contributed by atoms with E-state index in [0.717, 1.165) is 13.1 Å². The molecule has 0 aromatic rings. The van der Waals surface area contributed by atoms with Crippen LogP contribution >= 0.6 is 17.0 Å². The Morgan fingerprint density at radius 3 is 2.10 bits per heavy atom. The fourth-order valence-electron chi connectivity index (χ4n) is 2.42. The lowest BCUT2D eigenvalue weighted by molar-refractivity contribution is -0.172. The largest absolute Gasteiger partial charge is 0.452 e. The molecule has 0 aromatic carbocycles. The molecule has 0 bridgehead atoms.